The fourth-order valence-electron chi connectivity index (χ4n) is 2.17. The van der Waals surface area contributed by atoms with Crippen LogP contribution in [-0.2, 0) is 14.7 Å². The molecule has 0 radical (unpaired) electrons. The summed E-state index contributed by atoms with van der Waals surface area (Å²) in [6.45, 7) is 0.658. The highest BCUT2D eigenvalue weighted by atomic mass is 32.3. The zero-order valence-electron chi connectivity index (χ0n) is 9.46. The molecule has 2 aliphatic heterocycles. The van der Waals surface area contributed by atoms with Crippen molar-refractivity contribution in [2.75, 3.05) is 13.1 Å². The van der Waals surface area contributed by atoms with Gasteiger partial charge in [-0.1, -0.05) is 6.08 Å². The molecule has 2 bridgehead atoms. The zero-order chi connectivity index (χ0) is 13.6. The highest BCUT2D eigenvalue weighted by Crippen LogP contribution is 2.32. The van der Waals surface area contributed by atoms with E-state index in [1.165, 1.54) is 16.2 Å². The molecule has 0 spiro atoms. The molecule has 1 atom stereocenters. The van der Waals surface area contributed by atoms with Gasteiger partial charge in [-0.2, -0.15) is 13.5 Å². The predicted octanol–water partition coefficient (Wildman–Crippen LogP) is 0.381. The number of nitrogens with zero attached hydrogens (tertiary/aromatic N) is 3. The van der Waals surface area contributed by atoms with E-state index in [0.717, 1.165) is 0 Å². The van der Waals surface area contributed by atoms with E-state index in [4.69, 9.17) is 4.55 Å². The fraction of sp³-hybridized carbons (Fsp3) is 0.333. The normalized spacial score (nSPS) is 22.9. The molecule has 0 saturated carbocycles. The number of carbonyl (C=O) groups is 1. The maximum Gasteiger partial charge on any atom is 0.418 e. The van der Waals surface area contributed by atoms with Crippen molar-refractivity contribution in [1.29, 1.82) is 0 Å². The second-order valence-electron chi connectivity index (χ2n) is 4.06. The van der Waals surface area contributed by atoms with Gasteiger partial charge in [-0.3, -0.25) is 4.55 Å². The Balaban J connectivity index is 1.95. The molecule has 0 aromatic carbocycles. The van der Waals surface area contributed by atoms with E-state index in [9.17, 15) is 13.2 Å². The van der Waals surface area contributed by atoms with Crippen molar-refractivity contribution in [2.45, 2.75) is 6.04 Å². The van der Waals surface area contributed by atoms with Crippen molar-refractivity contribution in [1.82, 2.24) is 14.9 Å². The third-order valence-corrected chi connectivity index (χ3v) is 3.86. The molecule has 8 nitrogen and oxygen atoms in total. The summed E-state index contributed by atoms with van der Waals surface area (Å²) < 4.78 is 34.7. The fourth-order valence-corrected chi connectivity index (χ4v) is 3.10. The van der Waals surface area contributed by atoms with Crippen LogP contribution in [0.1, 0.15) is 5.69 Å². The molecular formula is C9H9N3O5S2. The first kappa shape index (κ1) is 12.5. The first-order valence-corrected chi connectivity index (χ1v) is 7.60. The number of fused-ring (bicyclic) bond motifs is 2. The Labute approximate surface area is 112 Å². The Morgan fingerprint density at radius 3 is 2.95 bits per heavy atom. The van der Waals surface area contributed by atoms with Crippen molar-refractivity contribution < 1.29 is 22.0 Å². The lowest BCUT2D eigenvalue weighted by molar-refractivity contribution is -0.0160. The smallest absolute Gasteiger partial charge is 0.317 e. The minimum atomic E-state index is -4.74. The minimum Gasteiger partial charge on any atom is -0.317 e. The number of carbonyl (C=O) groups excluding carboxylic acids is 1. The van der Waals surface area contributed by atoms with Gasteiger partial charge in [-0.15, -0.1) is 15.6 Å². The Morgan fingerprint density at radius 1 is 1.53 bits per heavy atom. The van der Waals surface area contributed by atoms with Crippen LogP contribution in [0.15, 0.2) is 17.0 Å². The number of urea groups is 1. The first-order valence-electron chi connectivity index (χ1n) is 5.29. The maximum atomic E-state index is 11.9. The van der Waals surface area contributed by atoms with Crippen LogP contribution >= 0.6 is 11.3 Å². The zero-order valence-corrected chi connectivity index (χ0v) is 11.1. The Morgan fingerprint density at radius 2 is 2.32 bits per heavy atom. The van der Waals surface area contributed by atoms with E-state index in [0.29, 0.717) is 29.4 Å². The van der Waals surface area contributed by atoms with E-state index in [1.54, 1.807) is 17.0 Å². The van der Waals surface area contributed by atoms with Crippen molar-refractivity contribution >= 4 is 33.3 Å². The van der Waals surface area contributed by atoms with Gasteiger partial charge in [0.1, 0.15) is 6.04 Å². The summed E-state index contributed by atoms with van der Waals surface area (Å²) in [5.41, 5.74) is 3.04. The number of thiazole rings is 1. The van der Waals surface area contributed by atoms with E-state index in [2.05, 4.69) is 9.27 Å². The molecule has 102 valence electrons. The second-order valence-corrected chi connectivity index (χ2v) is 5.79. The van der Waals surface area contributed by atoms with Crippen LogP contribution in [0.2, 0.25) is 0 Å². The van der Waals surface area contributed by atoms with E-state index >= 15 is 0 Å². The van der Waals surface area contributed by atoms with Crippen LogP contribution in [0.4, 0.5) is 4.79 Å². The SMILES string of the molecule is O=C1N2CC=C(c3cscn3)C(C2)N1OS(=O)(=O)O. The van der Waals surface area contributed by atoms with Crippen LogP contribution in [-0.4, -0.2) is 53.1 Å². The summed E-state index contributed by atoms with van der Waals surface area (Å²) in [7, 11) is -4.74. The molecule has 1 N–H and O–H groups in total. The Hall–Kier alpha value is -1.49. The molecular weight excluding hydrogens is 294 g/mol. The van der Waals surface area contributed by atoms with Gasteiger partial charge < -0.3 is 4.90 Å². The van der Waals surface area contributed by atoms with Gasteiger partial charge in [0.15, 0.2) is 0 Å². The van der Waals surface area contributed by atoms with Crippen LogP contribution in [0, 0.1) is 0 Å². The summed E-state index contributed by atoms with van der Waals surface area (Å²) in [5, 5.41) is 2.48. The van der Waals surface area contributed by atoms with Gasteiger partial charge in [0, 0.05) is 17.5 Å². The molecule has 19 heavy (non-hydrogen) atoms. The van der Waals surface area contributed by atoms with Gasteiger partial charge in [-0.25, -0.2) is 9.78 Å². The van der Waals surface area contributed by atoms with Crippen molar-refractivity contribution in [3.05, 3.63) is 22.7 Å². The highest BCUT2D eigenvalue weighted by Gasteiger charge is 2.45. The summed E-state index contributed by atoms with van der Waals surface area (Å²) in [4.78, 5) is 17.4. The third-order valence-electron chi connectivity index (χ3n) is 2.93. The molecule has 0 aliphatic carbocycles. The Bertz CT molecular complexity index is 639. The first-order chi connectivity index (χ1) is 8.96. The minimum absolute atomic E-state index is 0.303. The standard InChI is InChI=1S/C9H9N3O5S2/c13-9-11-2-1-6(7-4-18-5-10-7)8(3-11)12(9)17-19(14,15)16/h1,4-5,8H,2-3H2,(H,14,15,16). The summed E-state index contributed by atoms with van der Waals surface area (Å²) in [6.07, 6.45) is 1.80. The molecule has 3 heterocycles. The molecule has 3 rings (SSSR count). The predicted molar refractivity (Wildman–Crippen MR) is 65.3 cm³/mol. The topological polar surface area (TPSA) is 100 Å². The lowest BCUT2D eigenvalue weighted by atomic mass is 10.0. The highest BCUT2D eigenvalue weighted by molar-refractivity contribution is 7.80. The van der Waals surface area contributed by atoms with Crippen molar-refractivity contribution in [2.24, 2.45) is 0 Å². The van der Waals surface area contributed by atoms with Crippen LogP contribution in [0.5, 0.6) is 0 Å². The number of amides is 2. The lowest BCUT2D eigenvalue weighted by Gasteiger charge is -2.22. The van der Waals surface area contributed by atoms with Gasteiger partial charge >= 0.3 is 16.4 Å². The van der Waals surface area contributed by atoms with E-state index in [-0.39, 0.29) is 0 Å². The quantitative estimate of drug-likeness (QED) is 0.810. The maximum absolute atomic E-state index is 11.9. The molecule has 1 fully saturated rings. The van der Waals surface area contributed by atoms with E-state index < -0.39 is 22.5 Å². The van der Waals surface area contributed by atoms with E-state index in [1.807, 2.05) is 0 Å². The Kier molecular flexibility index (Phi) is 2.82. The van der Waals surface area contributed by atoms with Gasteiger partial charge in [0.25, 0.3) is 0 Å². The average molecular weight is 303 g/mol. The van der Waals surface area contributed by atoms with Crippen molar-refractivity contribution in [3.8, 4) is 0 Å². The molecule has 1 aromatic heterocycles. The van der Waals surface area contributed by atoms with Gasteiger partial charge in [0.05, 0.1) is 17.7 Å². The van der Waals surface area contributed by atoms with Crippen molar-refractivity contribution in [3.63, 3.8) is 0 Å². The summed E-state index contributed by atoms with van der Waals surface area (Å²) >= 11 is 1.40. The summed E-state index contributed by atoms with van der Waals surface area (Å²) in [6, 6.07) is -1.19. The largest absolute Gasteiger partial charge is 0.418 e. The molecule has 1 aromatic rings. The number of hydroxylamine groups is 2. The summed E-state index contributed by atoms with van der Waals surface area (Å²) in [5.74, 6) is 0. The number of aromatic nitrogens is 1. The average Bonchev–Trinajstić information content (AvgIpc) is 2.93. The molecule has 1 saturated heterocycles. The molecule has 1 unspecified atom stereocenters. The number of hydrogen-bond acceptors (Lipinski definition) is 6. The second kappa shape index (κ2) is 4.27. The van der Waals surface area contributed by atoms with Gasteiger partial charge in [0.2, 0.25) is 0 Å². The lowest BCUT2D eigenvalue weighted by Crippen LogP contribution is -2.36. The number of rotatable bonds is 3. The van der Waals surface area contributed by atoms with Gasteiger partial charge in [-0.05, 0) is 0 Å². The number of hydrogen-bond donors (Lipinski definition) is 1. The molecule has 2 amide bonds. The van der Waals surface area contributed by atoms with Crippen LogP contribution < -0.4 is 0 Å². The van der Waals surface area contributed by atoms with Crippen LogP contribution in [0.25, 0.3) is 5.57 Å². The third kappa shape index (κ3) is 2.23. The monoisotopic (exact) mass is 303 g/mol. The molecule has 2 aliphatic rings. The van der Waals surface area contributed by atoms with Crippen LogP contribution in [0.3, 0.4) is 0 Å². The molecule has 10 heteroatoms.